The molecule has 3 rings (SSSR count). The molecule has 0 unspecified atom stereocenters. The summed E-state index contributed by atoms with van der Waals surface area (Å²) in [6.45, 7) is 1.80. The highest BCUT2D eigenvalue weighted by molar-refractivity contribution is 7.09. The molecule has 2 heterocycles. The summed E-state index contributed by atoms with van der Waals surface area (Å²) in [4.78, 5) is 27.5. The number of aromatic nitrogens is 3. The number of Topliss-reactive ketones (excluding diaryl/α,β-unsaturated/α-hetero) is 1. The van der Waals surface area contributed by atoms with E-state index in [0.717, 1.165) is 12.1 Å². The summed E-state index contributed by atoms with van der Waals surface area (Å²) in [5.41, 5.74) is 0.114. The largest absolute Gasteiger partial charge is 0.416 e. The molecule has 10 heteroatoms. The van der Waals surface area contributed by atoms with Gasteiger partial charge in [-0.15, -0.1) is 11.3 Å². The highest BCUT2D eigenvalue weighted by Gasteiger charge is 2.29. The van der Waals surface area contributed by atoms with Crippen LogP contribution in [0.25, 0.3) is 6.08 Å². The summed E-state index contributed by atoms with van der Waals surface area (Å²) < 4.78 is 39.2. The molecule has 0 aliphatic rings. The van der Waals surface area contributed by atoms with Gasteiger partial charge in [0.1, 0.15) is 10.7 Å². The van der Waals surface area contributed by atoms with E-state index in [1.54, 1.807) is 22.3 Å². The first kappa shape index (κ1) is 20.5. The molecule has 29 heavy (non-hydrogen) atoms. The number of ketones is 1. The van der Waals surface area contributed by atoms with Gasteiger partial charge in [0.15, 0.2) is 11.6 Å². The summed E-state index contributed by atoms with van der Waals surface area (Å²) in [5, 5.41) is 9.15. The lowest BCUT2D eigenvalue weighted by molar-refractivity contribution is -0.137. The summed E-state index contributed by atoms with van der Waals surface area (Å²) in [6, 6.07) is 6.07. The minimum Gasteiger partial charge on any atom is -0.306 e. The minimum atomic E-state index is -4.40. The molecule has 6 nitrogen and oxygen atoms in total. The van der Waals surface area contributed by atoms with Crippen molar-refractivity contribution in [2.75, 3.05) is 5.32 Å². The maximum absolute atomic E-state index is 12.5. The van der Waals surface area contributed by atoms with Crippen LogP contribution < -0.4 is 5.32 Å². The molecule has 0 radical (unpaired) electrons. The number of anilines is 1. The van der Waals surface area contributed by atoms with E-state index in [1.165, 1.54) is 42.5 Å². The van der Waals surface area contributed by atoms with Crippen LogP contribution in [0.3, 0.4) is 0 Å². The third-order valence-corrected chi connectivity index (χ3v) is 4.60. The quantitative estimate of drug-likeness (QED) is 0.478. The van der Waals surface area contributed by atoms with E-state index in [2.05, 4.69) is 15.4 Å². The van der Waals surface area contributed by atoms with E-state index in [4.69, 9.17) is 0 Å². The Kier molecular flexibility index (Phi) is 5.92. The van der Waals surface area contributed by atoms with Crippen LogP contribution in [0.15, 0.2) is 48.0 Å². The molecule has 0 aliphatic carbocycles. The number of nitrogens with zero attached hydrogens (tertiary/aromatic N) is 3. The van der Waals surface area contributed by atoms with Crippen molar-refractivity contribution < 1.29 is 22.8 Å². The number of amides is 1. The van der Waals surface area contributed by atoms with E-state index >= 15 is 0 Å². The summed E-state index contributed by atoms with van der Waals surface area (Å²) in [7, 11) is 0. The molecule has 1 N–H and O–H groups in total. The number of alkyl halides is 3. The highest BCUT2D eigenvalue weighted by Crippen LogP contribution is 2.29. The third kappa shape index (κ3) is 5.61. The predicted octanol–water partition coefficient (Wildman–Crippen LogP) is 4.26. The lowest BCUT2D eigenvalue weighted by Crippen LogP contribution is -2.09. The Morgan fingerprint density at radius 2 is 1.93 bits per heavy atom. The molecule has 0 saturated carbocycles. The van der Waals surface area contributed by atoms with Gasteiger partial charge in [-0.2, -0.15) is 18.3 Å². The Balaban J connectivity index is 1.57. The first-order valence-corrected chi connectivity index (χ1v) is 9.24. The monoisotopic (exact) mass is 420 g/mol. The molecule has 3 aromatic rings. The molecule has 1 aromatic carbocycles. The summed E-state index contributed by atoms with van der Waals surface area (Å²) in [5.74, 6) is -0.264. The van der Waals surface area contributed by atoms with Gasteiger partial charge in [-0.3, -0.25) is 14.3 Å². The highest BCUT2D eigenvalue weighted by atomic mass is 32.1. The molecule has 1 amide bonds. The molecule has 0 atom stereocenters. The van der Waals surface area contributed by atoms with Gasteiger partial charge >= 0.3 is 6.18 Å². The topological polar surface area (TPSA) is 76.9 Å². The Bertz CT molecular complexity index is 1050. The van der Waals surface area contributed by atoms with Crippen LogP contribution in [0.4, 0.5) is 19.0 Å². The van der Waals surface area contributed by atoms with E-state index in [0.29, 0.717) is 28.6 Å². The van der Waals surface area contributed by atoms with Crippen molar-refractivity contribution in [3.8, 4) is 0 Å². The molecule has 2 aromatic heterocycles. The van der Waals surface area contributed by atoms with E-state index in [-0.39, 0.29) is 5.78 Å². The van der Waals surface area contributed by atoms with Crippen LogP contribution in [0, 0.1) is 0 Å². The van der Waals surface area contributed by atoms with Gasteiger partial charge in [0, 0.05) is 30.6 Å². The molecule has 0 aliphatic heterocycles. The fourth-order valence-corrected chi connectivity index (χ4v) is 3.15. The van der Waals surface area contributed by atoms with E-state index in [9.17, 15) is 22.8 Å². The summed E-state index contributed by atoms with van der Waals surface area (Å²) >= 11 is 1.34. The molecule has 0 saturated heterocycles. The zero-order valence-electron chi connectivity index (χ0n) is 15.1. The van der Waals surface area contributed by atoms with Gasteiger partial charge in [-0.1, -0.05) is 12.1 Å². The SMILES string of the molecule is CC(=O)c1csc(Cn2ccc(NC(=O)/C=C\c3ccc(C(F)(F)F)cc3)n2)n1. The van der Waals surface area contributed by atoms with Crippen LogP contribution in [-0.4, -0.2) is 26.5 Å². The van der Waals surface area contributed by atoms with Gasteiger partial charge < -0.3 is 5.32 Å². The van der Waals surface area contributed by atoms with Crippen molar-refractivity contribution >= 4 is 34.9 Å². The maximum Gasteiger partial charge on any atom is 0.416 e. The molecule has 0 fully saturated rings. The number of hydrogen-bond acceptors (Lipinski definition) is 5. The zero-order chi connectivity index (χ0) is 21.0. The standard InChI is InChI=1S/C19H15F3N4O2S/c1-12(27)15-11-29-18(23-15)10-26-9-8-16(25-26)24-17(28)7-4-13-2-5-14(6-3-13)19(20,21)22/h2-9,11H,10H2,1H3,(H,24,25,28)/b7-4-. The van der Waals surface area contributed by atoms with Crippen molar-refractivity contribution in [1.29, 1.82) is 0 Å². The van der Waals surface area contributed by atoms with Crippen molar-refractivity contribution in [2.45, 2.75) is 19.6 Å². The average molecular weight is 420 g/mol. The summed E-state index contributed by atoms with van der Waals surface area (Å²) in [6.07, 6.45) is -0.123. The average Bonchev–Trinajstić information content (AvgIpc) is 3.30. The number of halogens is 3. The lowest BCUT2D eigenvalue weighted by atomic mass is 10.1. The fourth-order valence-electron chi connectivity index (χ4n) is 2.32. The predicted molar refractivity (Wildman–Crippen MR) is 103 cm³/mol. The molecule has 150 valence electrons. The smallest absolute Gasteiger partial charge is 0.306 e. The van der Waals surface area contributed by atoms with Crippen LogP contribution in [0.1, 0.15) is 33.5 Å². The number of hydrogen-bond donors (Lipinski definition) is 1. The number of carbonyl (C=O) groups is 2. The lowest BCUT2D eigenvalue weighted by Gasteiger charge is -2.05. The van der Waals surface area contributed by atoms with Crippen molar-refractivity contribution in [3.05, 3.63) is 69.8 Å². The number of rotatable bonds is 6. The Hall–Kier alpha value is -3.27. The number of thiazole rings is 1. The number of carbonyl (C=O) groups excluding carboxylic acids is 2. The molecule has 0 spiro atoms. The second-order valence-corrected chi connectivity index (χ2v) is 6.97. The van der Waals surface area contributed by atoms with E-state index in [1.807, 2.05) is 0 Å². The normalized spacial score (nSPS) is 11.7. The third-order valence-electron chi connectivity index (χ3n) is 3.77. The number of nitrogens with one attached hydrogen (secondary N) is 1. The van der Waals surface area contributed by atoms with Crippen LogP contribution in [-0.2, 0) is 17.5 Å². The molecule has 0 bridgehead atoms. The minimum absolute atomic E-state index is 0.110. The van der Waals surface area contributed by atoms with Gasteiger partial charge in [0.2, 0.25) is 5.91 Å². The van der Waals surface area contributed by atoms with Crippen LogP contribution in [0.2, 0.25) is 0 Å². The van der Waals surface area contributed by atoms with Crippen LogP contribution >= 0.6 is 11.3 Å². The Labute approximate surface area is 167 Å². The van der Waals surface area contributed by atoms with Crippen molar-refractivity contribution in [3.63, 3.8) is 0 Å². The van der Waals surface area contributed by atoms with Crippen molar-refractivity contribution in [1.82, 2.24) is 14.8 Å². The fraction of sp³-hybridized carbons (Fsp3) is 0.158. The van der Waals surface area contributed by atoms with Gasteiger partial charge in [-0.25, -0.2) is 4.98 Å². The van der Waals surface area contributed by atoms with Gasteiger partial charge in [0.05, 0.1) is 12.1 Å². The first-order chi connectivity index (χ1) is 13.7. The number of benzene rings is 1. The second-order valence-electron chi connectivity index (χ2n) is 6.02. The van der Waals surface area contributed by atoms with Crippen LogP contribution in [0.5, 0.6) is 0 Å². The van der Waals surface area contributed by atoms with Gasteiger partial charge in [0.25, 0.3) is 0 Å². The molecular weight excluding hydrogens is 405 g/mol. The first-order valence-electron chi connectivity index (χ1n) is 8.36. The second kappa shape index (κ2) is 8.39. The zero-order valence-corrected chi connectivity index (χ0v) is 15.9. The van der Waals surface area contributed by atoms with Crippen molar-refractivity contribution in [2.24, 2.45) is 0 Å². The maximum atomic E-state index is 12.5. The Morgan fingerprint density at radius 3 is 2.55 bits per heavy atom. The Morgan fingerprint density at radius 1 is 1.21 bits per heavy atom. The van der Waals surface area contributed by atoms with Gasteiger partial charge in [-0.05, 0) is 23.8 Å². The van der Waals surface area contributed by atoms with E-state index < -0.39 is 17.6 Å². The molecular formula is C19H15F3N4O2S.